The monoisotopic (exact) mass is 382 g/mol. The van der Waals surface area contributed by atoms with E-state index >= 15 is 0 Å². The molecule has 0 saturated heterocycles. The number of quaternary nitrogens is 1. The van der Waals surface area contributed by atoms with E-state index in [4.69, 9.17) is 9.15 Å². The number of fused-ring (bicyclic) bond motifs is 3. The molecule has 1 N–H and O–H groups in total. The van der Waals surface area contributed by atoms with Gasteiger partial charge in [-0.15, -0.1) is 0 Å². The molecule has 0 bridgehead atoms. The number of hydrogen-bond acceptors (Lipinski definition) is 3. The van der Waals surface area contributed by atoms with Crippen LogP contribution in [0.5, 0.6) is 5.75 Å². The number of aryl methyl sites for hydroxylation is 1. The summed E-state index contributed by atoms with van der Waals surface area (Å²) in [7, 11) is 0. The quantitative estimate of drug-likeness (QED) is 0.666. The average molecular weight is 382 g/mol. The van der Waals surface area contributed by atoms with E-state index in [1.807, 2.05) is 24.3 Å². The Hall–Kier alpha value is -2.66. The first-order chi connectivity index (χ1) is 13.6. The van der Waals surface area contributed by atoms with E-state index in [1.54, 1.807) is 6.07 Å². The summed E-state index contributed by atoms with van der Waals surface area (Å²) in [6, 6.07) is 12.2. The fraction of sp³-hybridized carbons (Fsp3) is 0.348. The summed E-state index contributed by atoms with van der Waals surface area (Å²) in [5, 5.41) is 1.01. The van der Waals surface area contributed by atoms with Crippen LogP contribution in [0.25, 0.3) is 11.0 Å². The van der Waals surface area contributed by atoms with Gasteiger partial charge in [-0.1, -0.05) is 25.5 Å². The van der Waals surface area contributed by atoms with E-state index in [1.165, 1.54) is 17.0 Å². The zero-order chi connectivity index (χ0) is 19.5. The minimum absolute atomic E-state index is 0.216. The van der Waals surface area contributed by atoms with Gasteiger partial charge in [0, 0.05) is 17.9 Å². The second kappa shape index (κ2) is 8.15. The van der Waals surface area contributed by atoms with E-state index in [-0.39, 0.29) is 11.4 Å². The Morgan fingerprint density at radius 3 is 2.71 bits per heavy atom. The van der Waals surface area contributed by atoms with Crippen LogP contribution in [0.2, 0.25) is 0 Å². The molecular weight excluding hydrogens is 357 g/mol. The van der Waals surface area contributed by atoms with Crippen LogP contribution in [0.3, 0.4) is 0 Å². The zero-order valence-electron chi connectivity index (χ0n) is 16.1. The van der Waals surface area contributed by atoms with Crippen molar-refractivity contribution in [3.05, 3.63) is 75.4 Å². The molecule has 3 aromatic rings. The van der Waals surface area contributed by atoms with Gasteiger partial charge >= 0.3 is 5.63 Å². The number of rotatable bonds is 6. The van der Waals surface area contributed by atoms with E-state index in [0.29, 0.717) is 12.3 Å². The number of halogens is 1. The highest BCUT2D eigenvalue weighted by atomic mass is 19.1. The van der Waals surface area contributed by atoms with Crippen LogP contribution < -0.4 is 15.3 Å². The Morgan fingerprint density at radius 1 is 1.11 bits per heavy atom. The molecule has 146 valence electrons. The molecule has 2 heterocycles. The number of nitrogens with one attached hydrogen (secondary N) is 1. The Labute approximate surface area is 163 Å². The van der Waals surface area contributed by atoms with Gasteiger partial charge in [-0.3, -0.25) is 4.90 Å². The van der Waals surface area contributed by atoms with Crippen molar-refractivity contribution in [3.8, 4) is 5.75 Å². The molecule has 4 rings (SSSR count). The number of ether oxygens (including phenoxy) is 1. The first kappa shape index (κ1) is 18.7. The fourth-order valence-corrected chi connectivity index (χ4v) is 3.82. The molecule has 28 heavy (non-hydrogen) atoms. The smallest absolute Gasteiger partial charge is 0.336 e. The topological polar surface area (TPSA) is 43.9 Å². The van der Waals surface area contributed by atoms with Crippen molar-refractivity contribution in [2.75, 3.05) is 13.3 Å². The molecule has 1 atom stereocenters. The molecular formula is C23H25FNO3+. The van der Waals surface area contributed by atoms with Crippen LogP contribution >= 0.6 is 0 Å². The van der Waals surface area contributed by atoms with Crippen molar-refractivity contribution in [2.45, 2.75) is 39.2 Å². The summed E-state index contributed by atoms with van der Waals surface area (Å²) in [4.78, 5) is 13.4. The van der Waals surface area contributed by atoms with Gasteiger partial charge in [0.1, 0.15) is 18.1 Å². The molecule has 0 spiro atoms. The predicted octanol–water partition coefficient (Wildman–Crippen LogP) is 3.25. The van der Waals surface area contributed by atoms with Crippen LogP contribution in [0.4, 0.5) is 4.39 Å². The zero-order valence-corrected chi connectivity index (χ0v) is 16.1. The van der Waals surface area contributed by atoms with Crippen LogP contribution in [0, 0.1) is 5.82 Å². The highest BCUT2D eigenvalue weighted by Gasteiger charge is 2.24. The average Bonchev–Trinajstić information content (AvgIpc) is 2.71. The van der Waals surface area contributed by atoms with Crippen molar-refractivity contribution in [2.24, 2.45) is 0 Å². The normalized spacial score (nSPS) is 16.0. The summed E-state index contributed by atoms with van der Waals surface area (Å²) >= 11 is 0. The molecule has 1 aliphatic heterocycles. The molecule has 2 aromatic carbocycles. The van der Waals surface area contributed by atoms with Gasteiger partial charge < -0.3 is 9.15 Å². The second-order valence-electron chi connectivity index (χ2n) is 7.46. The number of benzene rings is 2. The SMILES string of the molecule is CCCCc1cc(=O)oc2c3c(ccc12)OC[NH+](CCc1ccc(F)cc1)C3. The van der Waals surface area contributed by atoms with Crippen molar-refractivity contribution >= 4 is 11.0 Å². The maximum absolute atomic E-state index is 13.1. The van der Waals surface area contributed by atoms with Crippen LogP contribution in [0.15, 0.2) is 51.7 Å². The second-order valence-corrected chi connectivity index (χ2v) is 7.46. The molecule has 0 amide bonds. The Kier molecular flexibility index (Phi) is 5.44. The fourth-order valence-electron chi connectivity index (χ4n) is 3.82. The third kappa shape index (κ3) is 3.94. The molecule has 1 aromatic heterocycles. The largest absolute Gasteiger partial charge is 0.445 e. The van der Waals surface area contributed by atoms with Crippen molar-refractivity contribution in [1.29, 1.82) is 0 Å². The lowest BCUT2D eigenvalue weighted by Gasteiger charge is -2.26. The highest BCUT2D eigenvalue weighted by molar-refractivity contribution is 5.85. The maximum Gasteiger partial charge on any atom is 0.336 e. The first-order valence-corrected chi connectivity index (χ1v) is 9.93. The summed E-state index contributed by atoms with van der Waals surface area (Å²) in [6.07, 6.45) is 3.84. The number of hydrogen-bond donors (Lipinski definition) is 1. The lowest BCUT2D eigenvalue weighted by Crippen LogP contribution is -3.12. The van der Waals surface area contributed by atoms with Crippen LogP contribution in [0.1, 0.15) is 36.5 Å². The molecule has 0 fully saturated rings. The standard InChI is InChI=1S/C23H24FNO3/c1-2-3-4-17-13-22(26)28-23-19(17)9-10-21-20(23)14-25(15-27-21)12-11-16-5-7-18(24)8-6-16/h5-10,13H,2-4,11-12,14-15H2,1H3/p+1. The summed E-state index contributed by atoms with van der Waals surface area (Å²) < 4.78 is 24.6. The van der Waals surface area contributed by atoms with E-state index in [0.717, 1.165) is 66.6 Å². The van der Waals surface area contributed by atoms with Gasteiger partial charge in [0.25, 0.3) is 0 Å². The minimum atomic E-state index is -0.301. The predicted molar refractivity (Wildman–Crippen MR) is 106 cm³/mol. The molecule has 0 radical (unpaired) electrons. The molecule has 0 saturated carbocycles. The van der Waals surface area contributed by atoms with Gasteiger partial charge in [0.2, 0.25) is 6.73 Å². The van der Waals surface area contributed by atoms with Crippen molar-refractivity contribution in [3.63, 3.8) is 0 Å². The Morgan fingerprint density at radius 2 is 1.93 bits per heavy atom. The van der Waals surface area contributed by atoms with Gasteiger partial charge in [-0.05, 0) is 48.2 Å². The lowest BCUT2D eigenvalue weighted by atomic mass is 10.0. The molecule has 1 unspecified atom stereocenters. The molecule has 0 aliphatic carbocycles. The van der Waals surface area contributed by atoms with Crippen molar-refractivity contribution in [1.82, 2.24) is 0 Å². The summed E-state index contributed by atoms with van der Waals surface area (Å²) in [5.74, 6) is 0.584. The van der Waals surface area contributed by atoms with Gasteiger partial charge in [-0.25, -0.2) is 9.18 Å². The third-order valence-electron chi connectivity index (χ3n) is 5.40. The van der Waals surface area contributed by atoms with E-state index in [9.17, 15) is 9.18 Å². The first-order valence-electron chi connectivity index (χ1n) is 9.93. The highest BCUT2D eigenvalue weighted by Crippen LogP contribution is 2.30. The van der Waals surface area contributed by atoms with E-state index < -0.39 is 0 Å². The van der Waals surface area contributed by atoms with E-state index in [2.05, 4.69) is 6.92 Å². The van der Waals surface area contributed by atoms with Crippen molar-refractivity contribution < 1.29 is 18.4 Å². The lowest BCUT2D eigenvalue weighted by molar-refractivity contribution is -0.932. The Bertz CT molecular complexity index is 1030. The number of unbranched alkanes of at least 4 members (excludes halogenated alkanes) is 1. The van der Waals surface area contributed by atoms with Gasteiger partial charge in [0.15, 0.2) is 5.58 Å². The summed E-state index contributed by atoms with van der Waals surface area (Å²) in [5.41, 5.74) is 3.48. The maximum atomic E-state index is 13.1. The third-order valence-corrected chi connectivity index (χ3v) is 5.40. The van der Waals surface area contributed by atoms with Crippen LogP contribution in [-0.4, -0.2) is 13.3 Å². The summed E-state index contributed by atoms with van der Waals surface area (Å²) in [6.45, 7) is 4.32. The Balaban J connectivity index is 1.58. The minimum Gasteiger partial charge on any atom is -0.445 e. The van der Waals surface area contributed by atoms with Gasteiger partial charge in [-0.2, -0.15) is 0 Å². The molecule has 5 heteroatoms. The van der Waals surface area contributed by atoms with Gasteiger partial charge in [0.05, 0.1) is 12.1 Å². The molecule has 4 nitrogen and oxygen atoms in total. The van der Waals surface area contributed by atoms with Crippen LogP contribution in [-0.2, 0) is 19.4 Å². The molecule has 1 aliphatic rings.